The van der Waals surface area contributed by atoms with Crippen LogP contribution in [0.15, 0.2) is 42.6 Å². The summed E-state index contributed by atoms with van der Waals surface area (Å²) in [5.74, 6) is -0.0356. The third-order valence-electron chi connectivity index (χ3n) is 6.36. The van der Waals surface area contributed by atoms with Crippen molar-refractivity contribution in [3.05, 3.63) is 64.8 Å². The summed E-state index contributed by atoms with van der Waals surface area (Å²) in [6, 6.07) is 10.1. The van der Waals surface area contributed by atoms with E-state index < -0.39 is 23.5 Å². The highest BCUT2D eigenvalue weighted by Gasteiger charge is 2.35. The number of aryl methyl sites for hydroxylation is 1. The Balaban J connectivity index is 1.69. The van der Waals surface area contributed by atoms with Crippen molar-refractivity contribution >= 4 is 29.0 Å². The number of carbonyl (C=O) groups excluding carboxylic acids is 1. The Morgan fingerprint density at radius 2 is 1.84 bits per heavy atom. The van der Waals surface area contributed by atoms with Gasteiger partial charge in [-0.25, -0.2) is 4.98 Å². The van der Waals surface area contributed by atoms with Gasteiger partial charge in [-0.3, -0.25) is 4.79 Å². The minimum atomic E-state index is -4.71. The topological polar surface area (TPSA) is 100 Å². The second kappa shape index (κ2) is 11.0. The van der Waals surface area contributed by atoms with Gasteiger partial charge in [0.2, 0.25) is 5.95 Å². The molecule has 8 nitrogen and oxygen atoms in total. The Hall–Kier alpha value is -3.86. The number of nitrogens with zero attached hydrogens (tertiary/aromatic N) is 2. The maximum Gasteiger partial charge on any atom is 0.421 e. The average molecular weight is 515 g/mol. The van der Waals surface area contributed by atoms with E-state index in [0.717, 1.165) is 31.5 Å². The Morgan fingerprint density at radius 3 is 2.51 bits per heavy atom. The molecule has 1 aromatic heterocycles. The summed E-state index contributed by atoms with van der Waals surface area (Å²) < 4.78 is 46.9. The highest BCUT2D eigenvalue weighted by atomic mass is 19.4. The number of piperidine rings is 1. The van der Waals surface area contributed by atoms with Gasteiger partial charge >= 0.3 is 6.18 Å². The molecule has 1 fully saturated rings. The molecule has 0 atom stereocenters. The number of benzene rings is 2. The number of nitrogens with one attached hydrogen (secondary N) is 4. The second-order valence-corrected chi connectivity index (χ2v) is 8.76. The minimum Gasteiger partial charge on any atom is -0.495 e. The first-order valence-electron chi connectivity index (χ1n) is 11.9. The van der Waals surface area contributed by atoms with Crippen molar-refractivity contribution in [3.63, 3.8) is 0 Å². The van der Waals surface area contributed by atoms with E-state index in [4.69, 9.17) is 4.74 Å². The summed E-state index contributed by atoms with van der Waals surface area (Å²) in [6.45, 7) is 3.90. The maximum absolute atomic E-state index is 13.8. The molecule has 0 radical (unpaired) electrons. The monoisotopic (exact) mass is 514 g/mol. The lowest BCUT2D eigenvalue weighted by Crippen LogP contribution is -2.27. The first kappa shape index (κ1) is 26.2. The molecule has 1 aliphatic heterocycles. The molecule has 1 saturated heterocycles. The zero-order valence-electron chi connectivity index (χ0n) is 20.8. The van der Waals surface area contributed by atoms with Gasteiger partial charge in [0.25, 0.3) is 5.91 Å². The Morgan fingerprint density at radius 1 is 1.11 bits per heavy atom. The van der Waals surface area contributed by atoms with E-state index in [1.54, 1.807) is 19.2 Å². The molecule has 1 amide bonds. The second-order valence-electron chi connectivity index (χ2n) is 8.76. The third kappa shape index (κ3) is 5.93. The molecular weight excluding hydrogens is 485 g/mol. The fourth-order valence-corrected chi connectivity index (χ4v) is 4.46. The fraction of sp³-hybridized carbons (Fsp3) is 0.346. The number of methoxy groups -OCH3 is 1. The predicted molar refractivity (Wildman–Crippen MR) is 136 cm³/mol. The minimum absolute atomic E-state index is 0.0553. The van der Waals surface area contributed by atoms with Crippen molar-refractivity contribution in [2.45, 2.75) is 31.9 Å². The van der Waals surface area contributed by atoms with Crippen molar-refractivity contribution in [2.24, 2.45) is 0 Å². The van der Waals surface area contributed by atoms with Gasteiger partial charge in [0.05, 0.1) is 24.0 Å². The number of ether oxygens (including phenoxy) is 1. The molecule has 196 valence electrons. The number of hydrogen-bond acceptors (Lipinski definition) is 7. The first-order valence-corrected chi connectivity index (χ1v) is 11.9. The van der Waals surface area contributed by atoms with Gasteiger partial charge in [0.15, 0.2) is 0 Å². The number of rotatable bonds is 7. The Bertz CT molecular complexity index is 1280. The molecule has 2 aromatic carbocycles. The lowest BCUT2D eigenvalue weighted by Gasteiger charge is -2.25. The normalized spacial score (nSPS) is 14.2. The van der Waals surface area contributed by atoms with Crippen LogP contribution in [0.4, 0.5) is 36.3 Å². The molecule has 37 heavy (non-hydrogen) atoms. The highest BCUT2D eigenvalue weighted by molar-refractivity contribution is 6.00. The molecule has 0 bridgehead atoms. The molecule has 2 heterocycles. The van der Waals surface area contributed by atoms with E-state index in [-0.39, 0.29) is 17.2 Å². The summed E-state index contributed by atoms with van der Waals surface area (Å²) in [4.78, 5) is 20.3. The van der Waals surface area contributed by atoms with Gasteiger partial charge in [-0.1, -0.05) is 12.1 Å². The van der Waals surface area contributed by atoms with Crippen molar-refractivity contribution in [2.75, 3.05) is 37.9 Å². The predicted octanol–water partition coefficient (Wildman–Crippen LogP) is 5.13. The molecule has 0 saturated carbocycles. The smallest absolute Gasteiger partial charge is 0.421 e. The van der Waals surface area contributed by atoms with Crippen molar-refractivity contribution in [1.29, 1.82) is 0 Å². The summed E-state index contributed by atoms with van der Waals surface area (Å²) in [5, 5.41) is 11.5. The van der Waals surface area contributed by atoms with Crippen LogP contribution in [0, 0.1) is 6.92 Å². The fourth-order valence-electron chi connectivity index (χ4n) is 4.46. The van der Waals surface area contributed by atoms with Gasteiger partial charge in [0.1, 0.15) is 17.1 Å². The van der Waals surface area contributed by atoms with E-state index >= 15 is 0 Å². The van der Waals surface area contributed by atoms with Gasteiger partial charge in [-0.05, 0) is 74.2 Å². The Kier molecular flexibility index (Phi) is 7.82. The summed E-state index contributed by atoms with van der Waals surface area (Å²) in [5.41, 5.74) is 2.06. The number of anilines is 4. The van der Waals surface area contributed by atoms with Crippen molar-refractivity contribution in [3.8, 4) is 5.75 Å². The zero-order chi connectivity index (χ0) is 26.6. The number of aromatic nitrogens is 2. The Labute approximate surface area is 213 Å². The maximum atomic E-state index is 13.8. The van der Waals surface area contributed by atoms with E-state index in [0.29, 0.717) is 23.6 Å². The van der Waals surface area contributed by atoms with Crippen LogP contribution in [-0.2, 0) is 6.18 Å². The lowest BCUT2D eigenvalue weighted by molar-refractivity contribution is -0.137. The van der Waals surface area contributed by atoms with Gasteiger partial charge in [-0.15, -0.1) is 0 Å². The van der Waals surface area contributed by atoms with Crippen LogP contribution in [-0.4, -0.2) is 43.1 Å². The SMILES string of the molecule is CNC(=O)c1ccccc1Nc1nc(Nc2cc(C)c(C3CCNCC3)cc2OC)ncc1C(F)(F)F. The van der Waals surface area contributed by atoms with Crippen LogP contribution in [0.2, 0.25) is 0 Å². The molecular formula is C26H29F3N6O2. The van der Waals surface area contributed by atoms with Crippen LogP contribution in [0.5, 0.6) is 5.75 Å². The van der Waals surface area contributed by atoms with E-state index in [1.165, 1.54) is 24.7 Å². The molecule has 1 aliphatic rings. The summed E-state index contributed by atoms with van der Waals surface area (Å²) >= 11 is 0. The van der Waals surface area contributed by atoms with Crippen molar-refractivity contribution in [1.82, 2.24) is 20.6 Å². The number of hydrogen-bond donors (Lipinski definition) is 4. The lowest BCUT2D eigenvalue weighted by atomic mass is 9.87. The summed E-state index contributed by atoms with van der Waals surface area (Å²) in [7, 11) is 2.98. The molecule has 3 aromatic rings. The average Bonchev–Trinajstić information content (AvgIpc) is 2.88. The van der Waals surface area contributed by atoms with E-state index in [9.17, 15) is 18.0 Å². The quantitative estimate of drug-likeness (QED) is 0.347. The van der Waals surface area contributed by atoms with Crippen LogP contribution in [0.25, 0.3) is 0 Å². The molecule has 0 unspecified atom stereocenters. The largest absolute Gasteiger partial charge is 0.495 e. The van der Waals surface area contributed by atoms with Gasteiger partial charge in [0, 0.05) is 13.2 Å². The molecule has 0 spiro atoms. The van der Waals surface area contributed by atoms with Gasteiger partial charge < -0.3 is 26.0 Å². The molecule has 0 aliphatic carbocycles. The molecule has 4 N–H and O–H groups in total. The molecule has 11 heteroatoms. The van der Waals surface area contributed by atoms with E-state index in [2.05, 4.69) is 31.2 Å². The van der Waals surface area contributed by atoms with Gasteiger partial charge in [-0.2, -0.15) is 18.2 Å². The van der Waals surface area contributed by atoms with Crippen LogP contribution in [0.3, 0.4) is 0 Å². The van der Waals surface area contributed by atoms with Crippen LogP contribution < -0.4 is 26.0 Å². The van der Waals surface area contributed by atoms with Crippen molar-refractivity contribution < 1.29 is 22.7 Å². The number of carbonyl (C=O) groups is 1. The number of alkyl halides is 3. The van der Waals surface area contributed by atoms with Crippen LogP contribution >= 0.6 is 0 Å². The summed E-state index contributed by atoms with van der Waals surface area (Å²) in [6.07, 6.45) is -1.97. The standard InChI is InChI=1S/C26H29F3N6O2/c1-15-12-21(22(37-3)13-18(15)16-8-10-31-11-9-16)34-25-32-14-19(26(27,28)29)23(35-25)33-20-7-5-4-6-17(20)24(36)30-2/h4-7,12-14,16,31H,8-11H2,1-3H3,(H,30,36)(H2,32,33,34,35). The first-order chi connectivity index (χ1) is 17.7. The zero-order valence-corrected chi connectivity index (χ0v) is 20.8. The van der Waals surface area contributed by atoms with Crippen LogP contribution in [0.1, 0.15) is 45.8 Å². The number of halogens is 3. The number of para-hydroxylation sites is 1. The highest BCUT2D eigenvalue weighted by Crippen LogP contribution is 2.38. The number of amides is 1. The third-order valence-corrected chi connectivity index (χ3v) is 6.36. The molecule has 4 rings (SSSR count). The van der Waals surface area contributed by atoms with E-state index in [1.807, 2.05) is 19.1 Å².